The molecule has 19 heavy (non-hydrogen) atoms. The topological polar surface area (TPSA) is 33.0 Å². The van der Waals surface area contributed by atoms with Crippen LogP contribution in [-0.4, -0.2) is 7.11 Å². The molecule has 2 heteroatoms. The number of nitriles is 1. The number of hydrogen-bond acceptors (Lipinski definition) is 2. The van der Waals surface area contributed by atoms with E-state index in [2.05, 4.69) is 25.1 Å². The standard InChI is InChI=1S/C17H17NO/c1-13(14-6-4-3-5-7-14)17(12-18)15-8-10-16(19-2)11-9-15/h3-11,13,17H,1-2H3. The lowest BCUT2D eigenvalue weighted by Gasteiger charge is -2.18. The van der Waals surface area contributed by atoms with Gasteiger partial charge in [-0.15, -0.1) is 0 Å². The predicted molar refractivity (Wildman–Crippen MR) is 76.2 cm³/mol. The molecule has 2 aromatic carbocycles. The van der Waals surface area contributed by atoms with Gasteiger partial charge in [-0.3, -0.25) is 0 Å². The van der Waals surface area contributed by atoms with Crippen LogP contribution in [0.2, 0.25) is 0 Å². The normalized spacial score (nSPS) is 13.3. The molecule has 2 unspecified atom stereocenters. The Morgan fingerprint density at radius 2 is 1.58 bits per heavy atom. The molecule has 0 radical (unpaired) electrons. The third kappa shape index (κ3) is 2.95. The van der Waals surface area contributed by atoms with Crippen LogP contribution in [0.4, 0.5) is 0 Å². The van der Waals surface area contributed by atoms with Crippen LogP contribution in [0, 0.1) is 11.3 Å². The van der Waals surface area contributed by atoms with Crippen molar-refractivity contribution in [2.45, 2.75) is 18.8 Å². The van der Waals surface area contributed by atoms with Crippen LogP contribution < -0.4 is 4.74 Å². The molecule has 0 amide bonds. The van der Waals surface area contributed by atoms with Crippen molar-refractivity contribution in [2.75, 3.05) is 7.11 Å². The highest BCUT2D eigenvalue weighted by molar-refractivity contribution is 5.36. The van der Waals surface area contributed by atoms with Gasteiger partial charge in [-0.25, -0.2) is 0 Å². The van der Waals surface area contributed by atoms with Gasteiger partial charge >= 0.3 is 0 Å². The first-order valence-corrected chi connectivity index (χ1v) is 6.34. The van der Waals surface area contributed by atoms with Crippen molar-refractivity contribution in [3.8, 4) is 11.8 Å². The Labute approximate surface area is 114 Å². The number of rotatable bonds is 4. The summed E-state index contributed by atoms with van der Waals surface area (Å²) in [6, 6.07) is 20.3. The average molecular weight is 251 g/mol. The van der Waals surface area contributed by atoms with Gasteiger partial charge in [0.1, 0.15) is 5.75 Å². The number of nitrogens with zero attached hydrogens (tertiary/aromatic N) is 1. The molecule has 0 saturated heterocycles. The minimum Gasteiger partial charge on any atom is -0.497 e. The summed E-state index contributed by atoms with van der Waals surface area (Å²) in [5, 5.41) is 9.46. The molecule has 0 bridgehead atoms. The van der Waals surface area contributed by atoms with Crippen LogP contribution in [0.15, 0.2) is 54.6 Å². The molecule has 0 aliphatic carbocycles. The summed E-state index contributed by atoms with van der Waals surface area (Å²) in [7, 11) is 1.64. The molecule has 0 N–H and O–H groups in total. The highest BCUT2D eigenvalue weighted by Gasteiger charge is 2.20. The second-order valence-corrected chi connectivity index (χ2v) is 4.58. The van der Waals surface area contributed by atoms with Crippen LogP contribution in [0.25, 0.3) is 0 Å². The molecular weight excluding hydrogens is 234 g/mol. The zero-order valence-corrected chi connectivity index (χ0v) is 11.2. The highest BCUT2D eigenvalue weighted by Crippen LogP contribution is 2.32. The Morgan fingerprint density at radius 1 is 0.947 bits per heavy atom. The highest BCUT2D eigenvalue weighted by atomic mass is 16.5. The van der Waals surface area contributed by atoms with Gasteiger partial charge in [0.15, 0.2) is 0 Å². The maximum atomic E-state index is 9.46. The fourth-order valence-corrected chi connectivity index (χ4v) is 2.24. The van der Waals surface area contributed by atoms with E-state index >= 15 is 0 Å². The van der Waals surface area contributed by atoms with Gasteiger partial charge < -0.3 is 4.74 Å². The maximum absolute atomic E-state index is 9.46. The number of methoxy groups -OCH3 is 1. The molecule has 2 aromatic rings. The summed E-state index contributed by atoms with van der Waals surface area (Å²) in [5.74, 6) is 0.834. The summed E-state index contributed by atoms with van der Waals surface area (Å²) < 4.78 is 5.14. The predicted octanol–water partition coefficient (Wildman–Crippen LogP) is 4.11. The maximum Gasteiger partial charge on any atom is 0.118 e. The Bertz CT molecular complexity index is 554. The molecule has 2 nitrogen and oxygen atoms in total. The molecule has 0 aromatic heterocycles. The van der Waals surface area contributed by atoms with Crippen LogP contribution in [0.1, 0.15) is 29.9 Å². The Morgan fingerprint density at radius 3 is 2.11 bits per heavy atom. The molecule has 2 atom stereocenters. The molecule has 0 spiro atoms. The summed E-state index contributed by atoms with van der Waals surface area (Å²) in [5.41, 5.74) is 2.21. The fourth-order valence-electron chi connectivity index (χ4n) is 2.24. The smallest absolute Gasteiger partial charge is 0.118 e. The molecule has 0 aliphatic heterocycles. The Hall–Kier alpha value is -2.27. The zero-order chi connectivity index (χ0) is 13.7. The first-order chi connectivity index (χ1) is 9.26. The second-order valence-electron chi connectivity index (χ2n) is 4.58. The number of hydrogen-bond donors (Lipinski definition) is 0. The van der Waals surface area contributed by atoms with Gasteiger partial charge in [-0.05, 0) is 23.3 Å². The first kappa shape index (κ1) is 13.2. The van der Waals surface area contributed by atoms with Gasteiger partial charge in [-0.1, -0.05) is 49.4 Å². The van der Waals surface area contributed by atoms with E-state index < -0.39 is 0 Å². The summed E-state index contributed by atoms with van der Waals surface area (Å²) in [6.07, 6.45) is 0. The van der Waals surface area contributed by atoms with Crippen molar-refractivity contribution in [1.82, 2.24) is 0 Å². The van der Waals surface area contributed by atoms with Crippen molar-refractivity contribution >= 4 is 0 Å². The molecule has 0 heterocycles. The van der Waals surface area contributed by atoms with Crippen LogP contribution >= 0.6 is 0 Å². The lowest BCUT2D eigenvalue weighted by Crippen LogP contribution is -2.06. The number of benzene rings is 2. The van der Waals surface area contributed by atoms with Crippen molar-refractivity contribution < 1.29 is 4.74 Å². The van der Waals surface area contributed by atoms with Gasteiger partial charge in [-0.2, -0.15) is 5.26 Å². The molecule has 2 rings (SSSR count). The Balaban J connectivity index is 2.27. The van der Waals surface area contributed by atoms with Crippen molar-refractivity contribution in [2.24, 2.45) is 0 Å². The van der Waals surface area contributed by atoms with E-state index in [1.165, 1.54) is 5.56 Å². The van der Waals surface area contributed by atoms with Crippen LogP contribution in [-0.2, 0) is 0 Å². The van der Waals surface area contributed by atoms with E-state index in [0.717, 1.165) is 11.3 Å². The van der Waals surface area contributed by atoms with E-state index in [4.69, 9.17) is 4.74 Å². The average Bonchev–Trinajstić information content (AvgIpc) is 2.49. The zero-order valence-electron chi connectivity index (χ0n) is 11.2. The van der Waals surface area contributed by atoms with E-state index in [-0.39, 0.29) is 11.8 Å². The largest absolute Gasteiger partial charge is 0.497 e. The van der Waals surface area contributed by atoms with Crippen molar-refractivity contribution in [1.29, 1.82) is 5.26 Å². The van der Waals surface area contributed by atoms with Gasteiger partial charge in [0.25, 0.3) is 0 Å². The second kappa shape index (κ2) is 6.06. The lowest BCUT2D eigenvalue weighted by atomic mass is 9.84. The van der Waals surface area contributed by atoms with Gasteiger partial charge in [0, 0.05) is 5.92 Å². The lowest BCUT2D eigenvalue weighted by molar-refractivity contribution is 0.414. The first-order valence-electron chi connectivity index (χ1n) is 6.34. The third-order valence-corrected chi connectivity index (χ3v) is 3.44. The van der Waals surface area contributed by atoms with Crippen molar-refractivity contribution in [3.05, 3.63) is 65.7 Å². The van der Waals surface area contributed by atoms with Crippen molar-refractivity contribution in [3.63, 3.8) is 0 Å². The minimum atomic E-state index is -0.145. The van der Waals surface area contributed by atoms with Gasteiger partial charge in [0.2, 0.25) is 0 Å². The van der Waals surface area contributed by atoms with Gasteiger partial charge in [0.05, 0.1) is 19.1 Å². The van der Waals surface area contributed by atoms with Crippen LogP contribution in [0.5, 0.6) is 5.75 Å². The minimum absolute atomic E-state index is 0.145. The van der Waals surface area contributed by atoms with E-state index in [0.29, 0.717) is 0 Å². The van der Waals surface area contributed by atoms with Crippen LogP contribution in [0.3, 0.4) is 0 Å². The quantitative estimate of drug-likeness (QED) is 0.819. The summed E-state index contributed by atoms with van der Waals surface area (Å²) in [4.78, 5) is 0. The molecular formula is C17H17NO. The summed E-state index contributed by atoms with van der Waals surface area (Å²) >= 11 is 0. The van der Waals surface area contributed by atoms with E-state index in [1.807, 2.05) is 42.5 Å². The molecule has 0 aliphatic rings. The van der Waals surface area contributed by atoms with E-state index in [9.17, 15) is 5.26 Å². The fraction of sp³-hybridized carbons (Fsp3) is 0.235. The third-order valence-electron chi connectivity index (χ3n) is 3.44. The summed E-state index contributed by atoms with van der Waals surface area (Å²) in [6.45, 7) is 2.09. The van der Waals surface area contributed by atoms with E-state index in [1.54, 1.807) is 7.11 Å². The SMILES string of the molecule is COc1ccc(C(C#N)C(C)c2ccccc2)cc1. The molecule has 0 saturated carbocycles. The molecule has 0 fully saturated rings. The molecule has 96 valence electrons. The number of ether oxygens (including phenoxy) is 1. The Kier molecular flexibility index (Phi) is 4.20. The monoisotopic (exact) mass is 251 g/mol.